The Bertz CT molecular complexity index is 543. The molecule has 0 radical (unpaired) electrons. The second kappa shape index (κ2) is 5.91. The number of ether oxygens (including phenoxy) is 2. The van der Waals surface area contributed by atoms with Crippen molar-refractivity contribution in [2.24, 2.45) is 0 Å². The van der Waals surface area contributed by atoms with Gasteiger partial charge in [0, 0.05) is 0 Å². The Kier molecular flexibility index (Phi) is 4.03. The van der Waals surface area contributed by atoms with Gasteiger partial charge in [-0.3, -0.25) is 0 Å². The molecule has 0 spiro atoms. The molecule has 0 saturated carbocycles. The lowest BCUT2D eigenvalue weighted by Crippen LogP contribution is -1.98. The number of aromatic carboxylic acids is 1. The smallest absolute Gasteiger partial charge is 0.335 e. The molecule has 0 aliphatic rings. The fourth-order valence-corrected chi connectivity index (χ4v) is 1.58. The standard InChI is InChI=1S/C15H14O4/c1-18-13-6-2-11(3-7-13)10-19-14-8-4-12(5-9-14)15(16)17/h2-9H,10H2,1H3,(H,16,17). The summed E-state index contributed by atoms with van der Waals surface area (Å²) >= 11 is 0. The lowest BCUT2D eigenvalue weighted by Gasteiger charge is -2.07. The van der Waals surface area contributed by atoms with Gasteiger partial charge in [0.15, 0.2) is 0 Å². The van der Waals surface area contributed by atoms with Crippen LogP contribution in [0.25, 0.3) is 0 Å². The Morgan fingerprint density at radius 1 is 1.00 bits per heavy atom. The molecule has 0 saturated heterocycles. The second-order valence-corrected chi connectivity index (χ2v) is 3.97. The van der Waals surface area contributed by atoms with Crippen LogP contribution in [-0.2, 0) is 6.61 Å². The van der Waals surface area contributed by atoms with Gasteiger partial charge in [-0.15, -0.1) is 0 Å². The van der Waals surface area contributed by atoms with E-state index < -0.39 is 5.97 Å². The fourth-order valence-electron chi connectivity index (χ4n) is 1.58. The maximum Gasteiger partial charge on any atom is 0.335 e. The molecule has 0 aliphatic carbocycles. The minimum absolute atomic E-state index is 0.247. The van der Waals surface area contributed by atoms with Crippen LogP contribution < -0.4 is 9.47 Å². The summed E-state index contributed by atoms with van der Waals surface area (Å²) in [7, 11) is 1.62. The zero-order valence-corrected chi connectivity index (χ0v) is 10.5. The number of carboxylic acid groups (broad SMARTS) is 1. The predicted molar refractivity (Wildman–Crippen MR) is 70.7 cm³/mol. The van der Waals surface area contributed by atoms with Crippen molar-refractivity contribution in [2.75, 3.05) is 7.11 Å². The van der Waals surface area contributed by atoms with E-state index in [1.54, 1.807) is 19.2 Å². The number of hydrogen-bond acceptors (Lipinski definition) is 3. The van der Waals surface area contributed by atoms with Crippen molar-refractivity contribution in [1.29, 1.82) is 0 Å². The number of methoxy groups -OCH3 is 1. The molecule has 0 atom stereocenters. The largest absolute Gasteiger partial charge is 0.497 e. The van der Waals surface area contributed by atoms with Gasteiger partial charge >= 0.3 is 5.97 Å². The van der Waals surface area contributed by atoms with E-state index in [-0.39, 0.29) is 5.56 Å². The molecular formula is C15H14O4. The number of benzene rings is 2. The van der Waals surface area contributed by atoms with Gasteiger partial charge in [0.05, 0.1) is 12.7 Å². The van der Waals surface area contributed by atoms with Crippen LogP contribution in [0.15, 0.2) is 48.5 Å². The summed E-state index contributed by atoms with van der Waals surface area (Å²) in [6.45, 7) is 0.427. The monoisotopic (exact) mass is 258 g/mol. The van der Waals surface area contributed by atoms with Crippen molar-refractivity contribution >= 4 is 5.97 Å². The highest BCUT2D eigenvalue weighted by molar-refractivity contribution is 5.87. The van der Waals surface area contributed by atoms with Gasteiger partial charge < -0.3 is 14.6 Å². The summed E-state index contributed by atoms with van der Waals surface area (Å²) in [4.78, 5) is 10.7. The van der Waals surface area contributed by atoms with E-state index in [0.717, 1.165) is 11.3 Å². The van der Waals surface area contributed by atoms with Gasteiger partial charge in [-0.1, -0.05) is 12.1 Å². The third-order valence-corrected chi connectivity index (χ3v) is 2.67. The van der Waals surface area contributed by atoms with E-state index >= 15 is 0 Å². The highest BCUT2D eigenvalue weighted by Crippen LogP contribution is 2.16. The van der Waals surface area contributed by atoms with E-state index in [4.69, 9.17) is 14.6 Å². The minimum atomic E-state index is -0.943. The Labute approximate surface area is 111 Å². The third kappa shape index (κ3) is 3.48. The van der Waals surface area contributed by atoms with Gasteiger partial charge in [-0.05, 0) is 42.0 Å². The molecule has 4 heteroatoms. The summed E-state index contributed by atoms with van der Waals surface area (Å²) in [5.41, 5.74) is 1.26. The van der Waals surface area contributed by atoms with Gasteiger partial charge in [0.25, 0.3) is 0 Å². The van der Waals surface area contributed by atoms with Crippen molar-refractivity contribution in [1.82, 2.24) is 0 Å². The van der Waals surface area contributed by atoms with Crippen LogP contribution in [0.3, 0.4) is 0 Å². The highest BCUT2D eigenvalue weighted by Gasteiger charge is 2.02. The van der Waals surface area contributed by atoms with E-state index in [1.807, 2.05) is 24.3 Å². The maximum atomic E-state index is 10.7. The van der Waals surface area contributed by atoms with Crippen molar-refractivity contribution < 1.29 is 19.4 Å². The van der Waals surface area contributed by atoms with Crippen LogP contribution >= 0.6 is 0 Å². The number of carbonyl (C=O) groups is 1. The molecule has 4 nitrogen and oxygen atoms in total. The molecule has 0 bridgehead atoms. The van der Waals surface area contributed by atoms with Crippen molar-refractivity contribution in [2.45, 2.75) is 6.61 Å². The Hall–Kier alpha value is -2.49. The molecule has 2 rings (SSSR count). The van der Waals surface area contributed by atoms with E-state index in [1.165, 1.54) is 12.1 Å². The van der Waals surface area contributed by atoms with E-state index in [0.29, 0.717) is 12.4 Å². The topological polar surface area (TPSA) is 55.8 Å². The molecule has 19 heavy (non-hydrogen) atoms. The number of rotatable bonds is 5. The van der Waals surface area contributed by atoms with Gasteiger partial charge in [-0.2, -0.15) is 0 Å². The quantitative estimate of drug-likeness (QED) is 0.895. The first-order valence-corrected chi connectivity index (χ1v) is 5.78. The summed E-state index contributed by atoms with van der Waals surface area (Å²) in [6, 6.07) is 13.9. The van der Waals surface area contributed by atoms with Crippen LogP contribution in [0.5, 0.6) is 11.5 Å². The molecular weight excluding hydrogens is 244 g/mol. The first-order valence-electron chi connectivity index (χ1n) is 5.78. The molecule has 0 amide bonds. The minimum Gasteiger partial charge on any atom is -0.497 e. The molecule has 0 aliphatic heterocycles. The number of carboxylic acids is 1. The van der Waals surface area contributed by atoms with Crippen LogP contribution in [-0.4, -0.2) is 18.2 Å². The SMILES string of the molecule is COc1ccc(COc2ccc(C(=O)O)cc2)cc1. The molecule has 98 valence electrons. The van der Waals surface area contributed by atoms with Crippen molar-refractivity contribution in [3.8, 4) is 11.5 Å². The van der Waals surface area contributed by atoms with Gasteiger partial charge in [0.2, 0.25) is 0 Å². The molecule has 0 fully saturated rings. The normalized spacial score (nSPS) is 9.95. The van der Waals surface area contributed by atoms with Crippen LogP contribution in [0.1, 0.15) is 15.9 Å². The first kappa shape index (κ1) is 13.0. The summed E-state index contributed by atoms with van der Waals surface area (Å²) < 4.78 is 10.6. The average Bonchev–Trinajstić information content (AvgIpc) is 2.46. The fraction of sp³-hybridized carbons (Fsp3) is 0.133. The van der Waals surface area contributed by atoms with Crippen LogP contribution in [0.2, 0.25) is 0 Å². The Morgan fingerprint density at radius 3 is 2.11 bits per heavy atom. The maximum absolute atomic E-state index is 10.7. The Morgan fingerprint density at radius 2 is 1.58 bits per heavy atom. The predicted octanol–water partition coefficient (Wildman–Crippen LogP) is 2.97. The summed E-state index contributed by atoms with van der Waals surface area (Å²) in [5, 5.41) is 8.78. The van der Waals surface area contributed by atoms with Crippen molar-refractivity contribution in [3.05, 3.63) is 59.7 Å². The third-order valence-electron chi connectivity index (χ3n) is 2.67. The molecule has 0 aromatic heterocycles. The zero-order chi connectivity index (χ0) is 13.7. The molecule has 2 aromatic rings. The highest BCUT2D eigenvalue weighted by atomic mass is 16.5. The van der Waals surface area contributed by atoms with Gasteiger partial charge in [0.1, 0.15) is 18.1 Å². The molecule has 0 heterocycles. The average molecular weight is 258 g/mol. The van der Waals surface area contributed by atoms with Crippen LogP contribution in [0, 0.1) is 0 Å². The Balaban J connectivity index is 1.95. The van der Waals surface area contributed by atoms with E-state index in [9.17, 15) is 4.79 Å². The lowest BCUT2D eigenvalue weighted by molar-refractivity contribution is 0.0697. The lowest BCUT2D eigenvalue weighted by atomic mass is 10.2. The molecule has 0 unspecified atom stereocenters. The van der Waals surface area contributed by atoms with E-state index in [2.05, 4.69) is 0 Å². The summed E-state index contributed by atoms with van der Waals surface area (Å²) in [5.74, 6) is 0.497. The first-order chi connectivity index (χ1) is 9.19. The number of hydrogen-bond donors (Lipinski definition) is 1. The zero-order valence-electron chi connectivity index (χ0n) is 10.5. The van der Waals surface area contributed by atoms with Crippen molar-refractivity contribution in [3.63, 3.8) is 0 Å². The van der Waals surface area contributed by atoms with Crippen LogP contribution in [0.4, 0.5) is 0 Å². The molecule has 1 N–H and O–H groups in total. The molecule has 2 aromatic carbocycles. The summed E-state index contributed by atoms with van der Waals surface area (Å²) in [6.07, 6.45) is 0. The van der Waals surface area contributed by atoms with Gasteiger partial charge in [-0.25, -0.2) is 4.79 Å². The second-order valence-electron chi connectivity index (χ2n) is 3.97.